The predicted molar refractivity (Wildman–Crippen MR) is 114 cm³/mol. The van der Waals surface area contributed by atoms with Crippen molar-refractivity contribution in [1.29, 1.82) is 0 Å². The van der Waals surface area contributed by atoms with Gasteiger partial charge in [-0.1, -0.05) is 54.5 Å². The molecule has 1 fully saturated rings. The summed E-state index contributed by atoms with van der Waals surface area (Å²) < 4.78 is 3.04. The lowest BCUT2D eigenvalue weighted by Gasteiger charge is -2.27. The summed E-state index contributed by atoms with van der Waals surface area (Å²) in [5, 5.41) is 14.5. The second-order valence-electron chi connectivity index (χ2n) is 7.43. The van der Waals surface area contributed by atoms with Crippen molar-refractivity contribution in [3.8, 4) is 0 Å². The van der Waals surface area contributed by atoms with Gasteiger partial charge in [-0.15, -0.1) is 0 Å². The van der Waals surface area contributed by atoms with E-state index >= 15 is 0 Å². The summed E-state index contributed by atoms with van der Waals surface area (Å²) in [5.74, 6) is 0.277. The van der Waals surface area contributed by atoms with E-state index < -0.39 is 0 Å². The zero-order valence-electron chi connectivity index (χ0n) is 15.4. The highest BCUT2D eigenvalue weighted by molar-refractivity contribution is 7.22. The summed E-state index contributed by atoms with van der Waals surface area (Å²) >= 11 is 1.62. The summed E-state index contributed by atoms with van der Waals surface area (Å²) in [6.45, 7) is 0.608. The van der Waals surface area contributed by atoms with Gasteiger partial charge in [0.25, 0.3) is 0 Å². The minimum absolute atomic E-state index is 0.0944. The molecule has 2 aromatic carbocycles. The van der Waals surface area contributed by atoms with E-state index in [4.69, 9.17) is 5.73 Å². The van der Waals surface area contributed by atoms with Gasteiger partial charge in [0.1, 0.15) is 0 Å². The largest absolute Gasteiger partial charge is 0.411 e. The van der Waals surface area contributed by atoms with Gasteiger partial charge in [0, 0.05) is 18.0 Å². The molecule has 1 saturated carbocycles. The highest BCUT2D eigenvalue weighted by Crippen LogP contribution is 2.31. The van der Waals surface area contributed by atoms with Crippen molar-refractivity contribution in [3.05, 3.63) is 53.8 Å². The number of para-hydroxylation sites is 2. The van der Waals surface area contributed by atoms with Crippen LogP contribution in [0.2, 0.25) is 0 Å². The maximum Gasteiger partial charge on any atom is 0.184 e. The van der Waals surface area contributed by atoms with Crippen LogP contribution in [0, 0.1) is 0 Å². The molecule has 0 aliphatic heterocycles. The first-order valence-corrected chi connectivity index (χ1v) is 10.5. The number of fused-ring (bicyclic) bond motifs is 2. The lowest BCUT2D eigenvalue weighted by atomic mass is 9.93. The van der Waals surface area contributed by atoms with Gasteiger partial charge in [-0.3, -0.25) is 0 Å². The molecule has 0 saturated heterocycles. The van der Waals surface area contributed by atoms with E-state index in [1.54, 1.807) is 11.3 Å². The van der Waals surface area contributed by atoms with E-state index in [-0.39, 0.29) is 18.1 Å². The van der Waals surface area contributed by atoms with Gasteiger partial charge in [0.15, 0.2) is 5.13 Å². The Balaban J connectivity index is 1.41. The third kappa shape index (κ3) is 3.21. The smallest absolute Gasteiger partial charge is 0.184 e. The van der Waals surface area contributed by atoms with Crippen LogP contribution in [0.15, 0.2) is 42.5 Å². The van der Waals surface area contributed by atoms with Gasteiger partial charge in [0.2, 0.25) is 0 Å². The molecule has 28 heavy (non-hydrogen) atoms. The van der Waals surface area contributed by atoms with E-state index in [9.17, 15) is 5.11 Å². The Hall–Kier alpha value is -2.64. The maximum absolute atomic E-state index is 10.2. The second kappa shape index (κ2) is 7.07. The molecule has 0 unspecified atom stereocenters. The summed E-state index contributed by atoms with van der Waals surface area (Å²) in [4.78, 5) is 9.02. The Morgan fingerprint density at radius 3 is 2.86 bits per heavy atom. The van der Waals surface area contributed by atoms with E-state index in [0.29, 0.717) is 6.54 Å². The van der Waals surface area contributed by atoms with Crippen molar-refractivity contribution in [3.63, 3.8) is 0 Å². The van der Waals surface area contributed by atoms with Crippen LogP contribution in [0.25, 0.3) is 27.0 Å². The van der Waals surface area contributed by atoms with Gasteiger partial charge < -0.3 is 25.7 Å². The number of nitrogens with zero attached hydrogens (tertiary/aromatic N) is 3. The summed E-state index contributed by atoms with van der Waals surface area (Å²) in [5.41, 5.74) is 12.1. The average molecular weight is 393 g/mol. The number of hydrogen-bond donors (Lipinski definition) is 2. The van der Waals surface area contributed by atoms with E-state index in [2.05, 4.69) is 27.4 Å². The molecule has 6 nitrogen and oxygen atoms in total. The van der Waals surface area contributed by atoms with Crippen LogP contribution in [0.5, 0.6) is 0 Å². The quantitative estimate of drug-likeness (QED) is 0.506. The number of aliphatic hydroxyl groups is 1. The molecule has 2 atom stereocenters. The normalized spacial score (nSPS) is 20.0. The molecular weight excluding hydrogens is 370 g/mol. The van der Waals surface area contributed by atoms with Gasteiger partial charge in [0.05, 0.1) is 22.4 Å². The van der Waals surface area contributed by atoms with Crippen LogP contribution in [-0.4, -0.2) is 31.8 Å². The Bertz CT molecular complexity index is 1130. The fourth-order valence-corrected chi connectivity index (χ4v) is 4.98. The number of anilines is 1. The third-order valence-corrected chi connectivity index (χ3v) is 6.44. The van der Waals surface area contributed by atoms with Gasteiger partial charge in [-0.05, 0) is 36.1 Å². The van der Waals surface area contributed by atoms with Crippen LogP contribution in [0.3, 0.4) is 0 Å². The molecular formula is C21H22N5OS-. The van der Waals surface area contributed by atoms with Crippen LogP contribution in [0.1, 0.15) is 31.2 Å². The SMILES string of the molecule is [NH-]c1nc2ccccc2n1Cc1ccc2nc(N[C@@H]3CCCC[C@H]3O)sc2c1. The highest BCUT2D eigenvalue weighted by Gasteiger charge is 2.23. The van der Waals surface area contributed by atoms with Crippen molar-refractivity contribution in [2.45, 2.75) is 44.4 Å². The van der Waals surface area contributed by atoms with Crippen LogP contribution >= 0.6 is 11.3 Å². The fraction of sp³-hybridized carbons (Fsp3) is 0.333. The molecule has 2 heterocycles. The first kappa shape index (κ1) is 17.5. The van der Waals surface area contributed by atoms with Crippen molar-refractivity contribution in [2.24, 2.45) is 0 Å². The second-order valence-corrected chi connectivity index (χ2v) is 8.46. The number of imidazole rings is 1. The Morgan fingerprint density at radius 2 is 1.96 bits per heavy atom. The standard InChI is InChI=1S/C21H22N5OS/c22-20-23-14-5-1-3-7-17(14)26(20)12-13-9-10-16-19(11-13)28-21(25-16)24-15-6-2-4-8-18(15)27/h1,3,5,7,9-11,15,18,27H,2,4,6,8,12H2,(H2-,22,23,24,25)/q-1/t15-,18-/m1/s1. The number of aliphatic hydroxyl groups excluding tert-OH is 1. The molecule has 5 rings (SSSR count). The number of benzene rings is 2. The fourth-order valence-electron chi connectivity index (χ4n) is 3.99. The molecule has 3 N–H and O–H groups in total. The lowest BCUT2D eigenvalue weighted by Crippen LogP contribution is -2.36. The Morgan fingerprint density at radius 1 is 1.11 bits per heavy atom. The summed E-state index contributed by atoms with van der Waals surface area (Å²) in [6.07, 6.45) is 3.81. The van der Waals surface area contributed by atoms with Crippen molar-refractivity contribution >= 4 is 43.7 Å². The molecule has 1 aliphatic rings. The van der Waals surface area contributed by atoms with Crippen molar-refractivity contribution in [1.82, 2.24) is 14.5 Å². The molecule has 7 heteroatoms. The minimum atomic E-state index is -0.290. The molecule has 0 spiro atoms. The Labute approximate surface area is 167 Å². The summed E-state index contributed by atoms with van der Waals surface area (Å²) in [6, 6.07) is 14.2. The first-order chi connectivity index (χ1) is 13.7. The van der Waals surface area contributed by atoms with Gasteiger partial charge in [-0.2, -0.15) is 0 Å². The number of hydrogen-bond acceptors (Lipinski definition) is 5. The molecule has 1 aliphatic carbocycles. The molecule has 0 amide bonds. The maximum atomic E-state index is 10.2. The average Bonchev–Trinajstić information content (AvgIpc) is 3.24. The zero-order valence-corrected chi connectivity index (χ0v) is 16.2. The van der Waals surface area contributed by atoms with E-state index in [1.165, 1.54) is 0 Å². The van der Waals surface area contributed by atoms with Crippen molar-refractivity contribution in [2.75, 3.05) is 5.32 Å². The van der Waals surface area contributed by atoms with Gasteiger partial charge in [-0.25, -0.2) is 4.98 Å². The minimum Gasteiger partial charge on any atom is -0.411 e. The number of nitrogens with one attached hydrogen (secondary N) is 2. The van der Waals surface area contributed by atoms with Crippen LogP contribution in [-0.2, 0) is 6.54 Å². The Kier molecular flexibility index (Phi) is 4.41. The number of aromatic nitrogens is 3. The van der Waals surface area contributed by atoms with Crippen LogP contribution in [0.4, 0.5) is 11.1 Å². The molecule has 144 valence electrons. The van der Waals surface area contributed by atoms with Crippen molar-refractivity contribution < 1.29 is 5.11 Å². The summed E-state index contributed by atoms with van der Waals surface area (Å²) in [7, 11) is 0. The first-order valence-electron chi connectivity index (χ1n) is 9.68. The molecule has 0 bridgehead atoms. The topological polar surface area (TPSA) is 86.8 Å². The molecule has 2 aromatic heterocycles. The van der Waals surface area contributed by atoms with E-state index in [1.807, 2.05) is 34.9 Å². The highest BCUT2D eigenvalue weighted by atomic mass is 32.1. The number of thiazole rings is 1. The van der Waals surface area contributed by atoms with Crippen LogP contribution < -0.4 is 5.32 Å². The van der Waals surface area contributed by atoms with E-state index in [0.717, 1.165) is 57.6 Å². The van der Waals surface area contributed by atoms with Gasteiger partial charge >= 0.3 is 0 Å². The number of rotatable bonds is 4. The molecule has 0 radical (unpaired) electrons. The monoisotopic (exact) mass is 392 g/mol. The lowest BCUT2D eigenvalue weighted by molar-refractivity contribution is 0.116. The zero-order chi connectivity index (χ0) is 19.1. The molecule has 4 aromatic rings. The predicted octanol–water partition coefficient (Wildman–Crippen LogP) is 5.09. The third-order valence-electron chi connectivity index (χ3n) is 5.49.